The molecule has 1 aromatic heterocycles. The van der Waals surface area contributed by atoms with Gasteiger partial charge in [-0.05, 0) is 41.1 Å². The van der Waals surface area contributed by atoms with Gasteiger partial charge in [0.15, 0.2) is 0 Å². The van der Waals surface area contributed by atoms with Gasteiger partial charge < -0.3 is 5.32 Å². The maximum atomic E-state index is 4.53. The van der Waals surface area contributed by atoms with Crippen LogP contribution >= 0.6 is 15.9 Å². The van der Waals surface area contributed by atoms with Gasteiger partial charge in [-0.2, -0.15) is 0 Å². The molecule has 0 radical (unpaired) electrons. The molecule has 1 saturated carbocycles. The van der Waals surface area contributed by atoms with E-state index in [4.69, 9.17) is 0 Å². The van der Waals surface area contributed by atoms with Crippen LogP contribution in [0.25, 0.3) is 0 Å². The van der Waals surface area contributed by atoms with E-state index in [1.807, 2.05) is 6.07 Å². The first kappa shape index (κ1) is 12.8. The molecule has 1 aliphatic carbocycles. The van der Waals surface area contributed by atoms with E-state index in [1.165, 1.54) is 25.7 Å². The Balaban J connectivity index is 1.94. The van der Waals surface area contributed by atoms with E-state index in [1.54, 1.807) is 0 Å². The smallest absolute Gasteiger partial charge is 0.132 e. The molecule has 0 saturated heterocycles. The minimum Gasteiger partial charge on any atom is -0.370 e. The van der Waals surface area contributed by atoms with E-state index in [2.05, 4.69) is 38.1 Å². The summed E-state index contributed by atoms with van der Waals surface area (Å²) in [6.45, 7) is 3.20. The van der Waals surface area contributed by atoms with Crippen LogP contribution in [-0.4, -0.2) is 16.5 Å². The van der Waals surface area contributed by atoms with Gasteiger partial charge in [0, 0.05) is 19.0 Å². The Hall–Kier alpha value is -0.640. The molecule has 0 aromatic carbocycles. The van der Waals surface area contributed by atoms with Gasteiger partial charge in [0.05, 0.1) is 0 Å². The van der Waals surface area contributed by atoms with Crippen molar-refractivity contribution in [3.8, 4) is 0 Å². The van der Waals surface area contributed by atoms with Crippen LogP contribution in [0.4, 0.5) is 5.82 Å². The lowest BCUT2D eigenvalue weighted by molar-refractivity contribution is 0.578. The highest BCUT2D eigenvalue weighted by Crippen LogP contribution is 2.25. The molecule has 0 atom stereocenters. The fourth-order valence-electron chi connectivity index (χ4n) is 2.35. The van der Waals surface area contributed by atoms with E-state index in [0.717, 1.165) is 41.5 Å². The van der Waals surface area contributed by atoms with Gasteiger partial charge in [0.2, 0.25) is 0 Å². The molecule has 1 aliphatic rings. The number of aryl methyl sites for hydroxylation is 1. The second-order valence-electron chi connectivity index (χ2n) is 4.77. The summed E-state index contributed by atoms with van der Waals surface area (Å²) in [6.07, 6.45) is 7.53. The molecule has 1 aromatic rings. The van der Waals surface area contributed by atoms with Crippen LogP contribution < -0.4 is 5.32 Å². The molecule has 0 unspecified atom stereocenters. The molecule has 17 heavy (non-hydrogen) atoms. The SMILES string of the molecule is CCCc1nc(Br)cc(NCC2CCCC2)n1. The Bertz CT molecular complexity index is 362. The highest BCUT2D eigenvalue weighted by Gasteiger charge is 2.14. The largest absolute Gasteiger partial charge is 0.370 e. The van der Waals surface area contributed by atoms with Crippen molar-refractivity contribution in [3.63, 3.8) is 0 Å². The predicted molar refractivity (Wildman–Crippen MR) is 74.2 cm³/mol. The van der Waals surface area contributed by atoms with Crippen molar-refractivity contribution in [2.24, 2.45) is 5.92 Å². The molecule has 0 bridgehead atoms. The number of halogens is 1. The molecule has 1 N–H and O–H groups in total. The summed E-state index contributed by atoms with van der Waals surface area (Å²) in [5.74, 6) is 2.72. The summed E-state index contributed by atoms with van der Waals surface area (Å²) in [4.78, 5) is 8.90. The summed E-state index contributed by atoms with van der Waals surface area (Å²) in [5, 5.41) is 3.45. The summed E-state index contributed by atoms with van der Waals surface area (Å²) >= 11 is 3.45. The topological polar surface area (TPSA) is 37.8 Å². The van der Waals surface area contributed by atoms with Crippen LogP contribution in [0.2, 0.25) is 0 Å². The van der Waals surface area contributed by atoms with Crippen LogP contribution in [-0.2, 0) is 6.42 Å². The predicted octanol–water partition coefficient (Wildman–Crippen LogP) is 3.79. The molecule has 4 heteroatoms. The van der Waals surface area contributed by atoms with E-state index in [0.29, 0.717) is 0 Å². The van der Waals surface area contributed by atoms with Crippen molar-refractivity contribution in [2.75, 3.05) is 11.9 Å². The van der Waals surface area contributed by atoms with Crippen molar-refractivity contribution in [3.05, 3.63) is 16.5 Å². The molecular formula is C13H20BrN3. The second-order valence-corrected chi connectivity index (χ2v) is 5.59. The molecule has 0 spiro atoms. The van der Waals surface area contributed by atoms with Gasteiger partial charge in [-0.3, -0.25) is 0 Å². The third kappa shape index (κ3) is 3.95. The van der Waals surface area contributed by atoms with E-state index >= 15 is 0 Å². The summed E-state index contributed by atoms with van der Waals surface area (Å²) in [6, 6.07) is 1.97. The van der Waals surface area contributed by atoms with Crippen molar-refractivity contribution >= 4 is 21.7 Å². The van der Waals surface area contributed by atoms with Crippen LogP contribution in [0.15, 0.2) is 10.7 Å². The lowest BCUT2D eigenvalue weighted by Crippen LogP contribution is -2.12. The number of aromatic nitrogens is 2. The van der Waals surface area contributed by atoms with Gasteiger partial charge in [-0.25, -0.2) is 9.97 Å². The van der Waals surface area contributed by atoms with Crippen molar-refractivity contribution in [2.45, 2.75) is 45.4 Å². The molecule has 2 rings (SSSR count). The van der Waals surface area contributed by atoms with Crippen LogP contribution in [0.1, 0.15) is 44.9 Å². The zero-order valence-electron chi connectivity index (χ0n) is 10.4. The highest BCUT2D eigenvalue weighted by molar-refractivity contribution is 9.10. The number of hydrogen-bond donors (Lipinski definition) is 1. The molecule has 94 valence electrons. The minimum absolute atomic E-state index is 0.832. The first-order chi connectivity index (χ1) is 8.28. The maximum absolute atomic E-state index is 4.53. The lowest BCUT2D eigenvalue weighted by Gasteiger charge is -2.12. The Labute approximate surface area is 112 Å². The molecule has 1 fully saturated rings. The van der Waals surface area contributed by atoms with Gasteiger partial charge in [0.1, 0.15) is 16.2 Å². The normalized spacial score (nSPS) is 16.4. The third-order valence-corrected chi connectivity index (χ3v) is 3.67. The average molecular weight is 298 g/mol. The Morgan fingerprint density at radius 3 is 2.82 bits per heavy atom. The first-order valence-corrected chi connectivity index (χ1v) is 7.34. The Kier molecular flexibility index (Phi) is 4.77. The minimum atomic E-state index is 0.832. The fraction of sp³-hybridized carbons (Fsp3) is 0.692. The van der Waals surface area contributed by atoms with Gasteiger partial charge >= 0.3 is 0 Å². The number of nitrogens with one attached hydrogen (secondary N) is 1. The monoisotopic (exact) mass is 297 g/mol. The van der Waals surface area contributed by atoms with Gasteiger partial charge in [0.25, 0.3) is 0 Å². The van der Waals surface area contributed by atoms with Crippen molar-refractivity contribution in [1.29, 1.82) is 0 Å². The Morgan fingerprint density at radius 1 is 1.35 bits per heavy atom. The fourth-order valence-corrected chi connectivity index (χ4v) is 2.78. The molecule has 3 nitrogen and oxygen atoms in total. The summed E-state index contributed by atoms with van der Waals surface area (Å²) < 4.78 is 0.880. The summed E-state index contributed by atoms with van der Waals surface area (Å²) in [7, 11) is 0. The second kappa shape index (κ2) is 6.34. The lowest BCUT2D eigenvalue weighted by atomic mass is 10.1. The Morgan fingerprint density at radius 2 is 2.12 bits per heavy atom. The number of rotatable bonds is 5. The van der Waals surface area contributed by atoms with E-state index in [-0.39, 0.29) is 0 Å². The van der Waals surface area contributed by atoms with Gasteiger partial charge in [-0.1, -0.05) is 19.8 Å². The van der Waals surface area contributed by atoms with E-state index < -0.39 is 0 Å². The van der Waals surface area contributed by atoms with Crippen LogP contribution in [0.5, 0.6) is 0 Å². The standard InChI is InChI=1S/C13H20BrN3/c1-2-5-12-16-11(14)8-13(17-12)15-9-10-6-3-4-7-10/h8,10H,2-7,9H2,1H3,(H,15,16,17). The zero-order chi connectivity index (χ0) is 12.1. The molecule has 0 amide bonds. The van der Waals surface area contributed by atoms with Crippen LogP contribution in [0.3, 0.4) is 0 Å². The quantitative estimate of drug-likeness (QED) is 0.840. The van der Waals surface area contributed by atoms with E-state index in [9.17, 15) is 0 Å². The van der Waals surface area contributed by atoms with Crippen molar-refractivity contribution < 1.29 is 0 Å². The maximum Gasteiger partial charge on any atom is 0.132 e. The van der Waals surface area contributed by atoms with Gasteiger partial charge in [-0.15, -0.1) is 0 Å². The average Bonchev–Trinajstić information content (AvgIpc) is 2.79. The van der Waals surface area contributed by atoms with Crippen LogP contribution in [0, 0.1) is 5.92 Å². The third-order valence-electron chi connectivity index (χ3n) is 3.26. The molecular weight excluding hydrogens is 278 g/mol. The number of nitrogens with zero attached hydrogens (tertiary/aromatic N) is 2. The first-order valence-electron chi connectivity index (χ1n) is 6.55. The zero-order valence-corrected chi connectivity index (χ0v) is 12.0. The summed E-state index contributed by atoms with van der Waals surface area (Å²) in [5.41, 5.74) is 0. The van der Waals surface area contributed by atoms with Crippen molar-refractivity contribution in [1.82, 2.24) is 9.97 Å². The molecule has 1 heterocycles. The highest BCUT2D eigenvalue weighted by atomic mass is 79.9. The molecule has 0 aliphatic heterocycles. The number of hydrogen-bond acceptors (Lipinski definition) is 3. The number of anilines is 1.